The maximum Gasteiger partial charge on any atom is 0.324 e. The Morgan fingerprint density at radius 2 is 1.89 bits per heavy atom. The second kappa shape index (κ2) is 8.47. The molecule has 8 heteroatoms. The summed E-state index contributed by atoms with van der Waals surface area (Å²) in [6, 6.07) is -0.952. The number of hydrogen-bond acceptors (Lipinski definition) is 6. The molecule has 0 radical (unpaired) electrons. The minimum atomic E-state index is -1.34. The Morgan fingerprint density at radius 3 is 2.32 bits per heavy atom. The smallest absolute Gasteiger partial charge is 0.324 e. The average Bonchev–Trinajstić information content (AvgIpc) is 2.31. The van der Waals surface area contributed by atoms with Gasteiger partial charge in [-0.1, -0.05) is 33.2 Å². The van der Waals surface area contributed by atoms with Gasteiger partial charge in [0.15, 0.2) is 0 Å². The summed E-state index contributed by atoms with van der Waals surface area (Å²) in [5.41, 5.74) is 10.8. The maximum absolute atomic E-state index is 11.2. The Kier molecular flexibility index (Phi) is 8.15. The number of nitrogens with two attached hydrogens (primary N) is 2. The molecular weight excluding hydrogens is 288 g/mol. The van der Waals surface area contributed by atoms with Crippen molar-refractivity contribution in [2.75, 3.05) is 11.5 Å². The van der Waals surface area contributed by atoms with Crippen molar-refractivity contribution in [2.24, 2.45) is 11.5 Å². The van der Waals surface area contributed by atoms with Gasteiger partial charge in [-0.2, -0.15) is 0 Å². The quantitative estimate of drug-likeness (QED) is 0.281. The van der Waals surface area contributed by atoms with Crippen molar-refractivity contribution in [1.82, 2.24) is 0 Å². The normalized spacial score (nSPS) is 15.4. The van der Waals surface area contributed by atoms with E-state index in [0.29, 0.717) is 0 Å². The Morgan fingerprint density at radius 1 is 1.32 bits per heavy atom. The van der Waals surface area contributed by atoms with E-state index in [4.69, 9.17) is 21.7 Å². The summed E-state index contributed by atoms with van der Waals surface area (Å²) in [6.45, 7) is 3.74. The van der Waals surface area contributed by atoms with Crippen LogP contribution in [0.25, 0.3) is 0 Å². The van der Waals surface area contributed by atoms with Crippen LogP contribution in [0.2, 0.25) is 0 Å². The van der Waals surface area contributed by atoms with Gasteiger partial charge in [-0.3, -0.25) is 9.59 Å². The molecule has 0 aliphatic carbocycles. The molecule has 0 fully saturated rings. The molecule has 0 amide bonds. The van der Waals surface area contributed by atoms with Crippen LogP contribution < -0.4 is 11.5 Å². The fourth-order valence-corrected chi connectivity index (χ4v) is 3.46. The van der Waals surface area contributed by atoms with Crippen LogP contribution in [0.1, 0.15) is 20.3 Å². The molecule has 2 unspecified atom stereocenters. The highest BCUT2D eigenvalue weighted by Gasteiger charge is 2.33. The highest BCUT2D eigenvalue weighted by atomic mass is 33.1. The van der Waals surface area contributed by atoms with E-state index in [1.54, 1.807) is 6.08 Å². The standard InChI is InChI=1S/C11H20N2O4S2/c1-7(2)3-4-11(13,10(16)17)6-19-18-5-8(12)9(14)15/h3,8H,4-6,12-13H2,1-2H3,(H,14,15)(H,16,17). The fraction of sp³-hybridized carbons (Fsp3) is 0.636. The monoisotopic (exact) mass is 308 g/mol. The molecule has 0 aliphatic heterocycles. The highest BCUT2D eigenvalue weighted by Crippen LogP contribution is 2.27. The van der Waals surface area contributed by atoms with Crippen molar-refractivity contribution in [1.29, 1.82) is 0 Å². The zero-order valence-electron chi connectivity index (χ0n) is 11.0. The third-order valence-electron chi connectivity index (χ3n) is 2.27. The summed E-state index contributed by atoms with van der Waals surface area (Å²) in [5, 5.41) is 17.7. The second-order valence-corrected chi connectivity index (χ2v) is 6.95. The summed E-state index contributed by atoms with van der Waals surface area (Å²) in [6.07, 6.45) is 2.02. The summed E-state index contributed by atoms with van der Waals surface area (Å²) >= 11 is 0. The first-order valence-corrected chi connectivity index (χ1v) is 8.06. The fourth-order valence-electron chi connectivity index (χ4n) is 0.934. The Balaban J connectivity index is 4.26. The lowest BCUT2D eigenvalue weighted by molar-refractivity contribution is -0.142. The van der Waals surface area contributed by atoms with Crippen LogP contribution in [0, 0.1) is 0 Å². The predicted molar refractivity (Wildman–Crippen MR) is 79.1 cm³/mol. The van der Waals surface area contributed by atoms with Crippen molar-refractivity contribution >= 4 is 33.5 Å². The third-order valence-corrected chi connectivity index (χ3v) is 4.82. The zero-order valence-corrected chi connectivity index (χ0v) is 12.6. The number of hydrogen-bond donors (Lipinski definition) is 4. The van der Waals surface area contributed by atoms with Gasteiger partial charge in [0.05, 0.1) is 0 Å². The molecule has 0 heterocycles. The highest BCUT2D eigenvalue weighted by molar-refractivity contribution is 8.76. The van der Waals surface area contributed by atoms with Crippen LogP contribution in [0.3, 0.4) is 0 Å². The molecular formula is C11H20N2O4S2. The number of carboxylic acid groups (broad SMARTS) is 2. The molecule has 2 atom stereocenters. The molecule has 0 rings (SSSR count). The molecule has 0 bridgehead atoms. The molecule has 110 valence electrons. The van der Waals surface area contributed by atoms with Gasteiger partial charge in [-0.25, -0.2) is 0 Å². The number of aliphatic carboxylic acids is 2. The third kappa shape index (κ3) is 7.46. The number of rotatable bonds is 9. The first-order chi connectivity index (χ1) is 8.69. The van der Waals surface area contributed by atoms with E-state index in [9.17, 15) is 9.59 Å². The molecule has 6 N–H and O–H groups in total. The molecule has 0 saturated heterocycles. The van der Waals surface area contributed by atoms with E-state index in [0.717, 1.165) is 5.57 Å². The number of allylic oxidation sites excluding steroid dienone is 1. The SMILES string of the molecule is CC(C)=CCC(N)(CSSCC(N)C(=O)O)C(=O)O. The van der Waals surface area contributed by atoms with E-state index < -0.39 is 23.5 Å². The Bertz CT molecular complexity index is 359. The Labute approximate surface area is 120 Å². The van der Waals surface area contributed by atoms with Crippen molar-refractivity contribution in [3.8, 4) is 0 Å². The van der Waals surface area contributed by atoms with Crippen molar-refractivity contribution in [3.05, 3.63) is 11.6 Å². The molecule has 6 nitrogen and oxygen atoms in total. The van der Waals surface area contributed by atoms with Crippen molar-refractivity contribution in [2.45, 2.75) is 31.8 Å². The first kappa shape index (κ1) is 18.3. The molecule has 0 aromatic rings. The van der Waals surface area contributed by atoms with Crippen LogP contribution in [0.5, 0.6) is 0 Å². The van der Waals surface area contributed by atoms with Crippen LogP contribution in [-0.4, -0.2) is 45.2 Å². The van der Waals surface area contributed by atoms with Gasteiger partial charge in [0.2, 0.25) is 0 Å². The molecule has 0 spiro atoms. The maximum atomic E-state index is 11.2. The van der Waals surface area contributed by atoms with Gasteiger partial charge in [0.25, 0.3) is 0 Å². The first-order valence-electron chi connectivity index (χ1n) is 5.57. The van der Waals surface area contributed by atoms with Gasteiger partial charge in [0, 0.05) is 11.5 Å². The van der Waals surface area contributed by atoms with Crippen LogP contribution >= 0.6 is 21.6 Å². The molecule has 0 aromatic heterocycles. The van der Waals surface area contributed by atoms with Crippen molar-refractivity contribution in [3.63, 3.8) is 0 Å². The summed E-state index contributed by atoms with van der Waals surface area (Å²) in [5.74, 6) is -1.75. The minimum Gasteiger partial charge on any atom is -0.480 e. The van der Waals surface area contributed by atoms with Gasteiger partial charge in [0.1, 0.15) is 11.6 Å². The molecule has 0 saturated carbocycles. The van der Waals surface area contributed by atoms with E-state index in [2.05, 4.69) is 0 Å². The summed E-state index contributed by atoms with van der Waals surface area (Å²) in [7, 11) is 2.44. The lowest BCUT2D eigenvalue weighted by atomic mass is 9.98. The lowest BCUT2D eigenvalue weighted by Crippen LogP contribution is -2.49. The lowest BCUT2D eigenvalue weighted by Gasteiger charge is -2.22. The molecule has 0 aromatic carbocycles. The second-order valence-electron chi connectivity index (χ2n) is 4.44. The number of carboxylic acids is 2. The van der Waals surface area contributed by atoms with Crippen LogP contribution in [0.15, 0.2) is 11.6 Å². The zero-order chi connectivity index (χ0) is 15.1. The van der Waals surface area contributed by atoms with Gasteiger partial charge in [-0.05, 0) is 20.3 Å². The molecule has 19 heavy (non-hydrogen) atoms. The van der Waals surface area contributed by atoms with E-state index in [1.165, 1.54) is 21.6 Å². The molecule has 0 aliphatic rings. The van der Waals surface area contributed by atoms with E-state index in [-0.39, 0.29) is 17.9 Å². The van der Waals surface area contributed by atoms with Gasteiger partial charge >= 0.3 is 11.9 Å². The van der Waals surface area contributed by atoms with Gasteiger partial charge < -0.3 is 21.7 Å². The average molecular weight is 308 g/mol. The van der Waals surface area contributed by atoms with E-state index in [1.807, 2.05) is 13.8 Å². The van der Waals surface area contributed by atoms with Gasteiger partial charge in [-0.15, -0.1) is 0 Å². The topological polar surface area (TPSA) is 127 Å². The Hall–Kier alpha value is -0.700. The predicted octanol–water partition coefficient (Wildman–Crippen LogP) is 0.918. The minimum absolute atomic E-state index is 0.184. The van der Waals surface area contributed by atoms with Crippen molar-refractivity contribution < 1.29 is 19.8 Å². The van der Waals surface area contributed by atoms with Crippen LogP contribution in [0.4, 0.5) is 0 Å². The largest absolute Gasteiger partial charge is 0.480 e. The van der Waals surface area contributed by atoms with E-state index >= 15 is 0 Å². The number of carbonyl (C=O) groups is 2. The van der Waals surface area contributed by atoms with Crippen LogP contribution in [-0.2, 0) is 9.59 Å². The summed E-state index contributed by atoms with van der Waals surface area (Å²) in [4.78, 5) is 21.7. The summed E-state index contributed by atoms with van der Waals surface area (Å²) < 4.78 is 0.